The molecule has 4 nitrogen and oxygen atoms in total. The van der Waals surface area contributed by atoms with Gasteiger partial charge in [-0.3, -0.25) is 9.59 Å². The summed E-state index contributed by atoms with van der Waals surface area (Å²) in [7, 11) is 0. The predicted octanol–water partition coefficient (Wildman–Crippen LogP) is 2.03. The topological polar surface area (TPSA) is 46.6 Å². The van der Waals surface area contributed by atoms with Gasteiger partial charge in [-0.2, -0.15) is 0 Å². The van der Waals surface area contributed by atoms with Gasteiger partial charge in [0.15, 0.2) is 0 Å². The van der Waals surface area contributed by atoms with E-state index in [2.05, 4.69) is 0 Å². The van der Waals surface area contributed by atoms with Crippen molar-refractivity contribution in [2.24, 2.45) is 5.92 Å². The van der Waals surface area contributed by atoms with Crippen molar-refractivity contribution in [2.75, 3.05) is 19.7 Å². The molecule has 1 aliphatic heterocycles. The Balaban J connectivity index is 1.83. The summed E-state index contributed by atoms with van der Waals surface area (Å²) in [6, 6.07) is 9.68. The summed E-state index contributed by atoms with van der Waals surface area (Å²) in [6.45, 7) is 3.58. The first kappa shape index (κ1) is 14.6. The van der Waals surface area contributed by atoms with Crippen LogP contribution in [0, 0.1) is 5.92 Å². The number of rotatable bonds is 5. The quantitative estimate of drug-likeness (QED) is 0.772. The lowest BCUT2D eigenvalue weighted by atomic mass is 10.1. The second kappa shape index (κ2) is 7.08. The zero-order valence-corrected chi connectivity index (χ0v) is 11.9. The summed E-state index contributed by atoms with van der Waals surface area (Å²) in [6.07, 6.45) is 1.94. The molecule has 2 rings (SSSR count). The van der Waals surface area contributed by atoms with Gasteiger partial charge in [-0.1, -0.05) is 37.3 Å². The highest BCUT2D eigenvalue weighted by atomic mass is 16.5. The molecule has 1 heterocycles. The van der Waals surface area contributed by atoms with Crippen LogP contribution in [0.15, 0.2) is 30.3 Å². The summed E-state index contributed by atoms with van der Waals surface area (Å²) in [4.78, 5) is 25.7. The van der Waals surface area contributed by atoms with E-state index in [4.69, 9.17) is 4.74 Å². The Morgan fingerprint density at radius 2 is 2.05 bits per heavy atom. The minimum atomic E-state index is -0.165. The molecule has 0 radical (unpaired) electrons. The standard InChI is InChI=1S/C16H21NO3/c1-2-10-20-16(19)14-8-9-17(12-14)15(18)11-13-6-4-3-5-7-13/h3-7,14H,2,8-12H2,1H3. The first-order valence-electron chi connectivity index (χ1n) is 7.19. The monoisotopic (exact) mass is 275 g/mol. The fourth-order valence-corrected chi connectivity index (χ4v) is 2.38. The molecule has 108 valence electrons. The Kier molecular flexibility index (Phi) is 5.16. The molecule has 0 bridgehead atoms. The SMILES string of the molecule is CCCOC(=O)C1CCN(C(=O)Cc2ccccc2)C1. The molecule has 1 amide bonds. The van der Waals surface area contributed by atoms with E-state index < -0.39 is 0 Å². The maximum Gasteiger partial charge on any atom is 0.310 e. The number of benzene rings is 1. The Bertz CT molecular complexity index is 458. The van der Waals surface area contributed by atoms with Gasteiger partial charge in [0.1, 0.15) is 0 Å². The summed E-state index contributed by atoms with van der Waals surface area (Å²) in [5.74, 6) is -0.231. The lowest BCUT2D eigenvalue weighted by Gasteiger charge is -2.16. The average Bonchev–Trinajstić information content (AvgIpc) is 2.96. The molecule has 0 N–H and O–H groups in total. The molecule has 1 aromatic carbocycles. The van der Waals surface area contributed by atoms with E-state index in [1.54, 1.807) is 4.90 Å². The van der Waals surface area contributed by atoms with Crippen molar-refractivity contribution in [1.29, 1.82) is 0 Å². The fraction of sp³-hybridized carbons (Fsp3) is 0.500. The van der Waals surface area contributed by atoms with Gasteiger partial charge in [0.25, 0.3) is 0 Å². The summed E-state index contributed by atoms with van der Waals surface area (Å²) in [5.41, 5.74) is 1.01. The fourth-order valence-electron chi connectivity index (χ4n) is 2.38. The van der Waals surface area contributed by atoms with Gasteiger partial charge >= 0.3 is 5.97 Å². The number of nitrogens with zero attached hydrogens (tertiary/aromatic N) is 1. The normalized spacial score (nSPS) is 18.1. The third-order valence-corrected chi connectivity index (χ3v) is 3.52. The average molecular weight is 275 g/mol. The number of likely N-dealkylation sites (tertiary alicyclic amines) is 1. The second-order valence-electron chi connectivity index (χ2n) is 5.16. The molecular formula is C16H21NO3. The van der Waals surface area contributed by atoms with Crippen molar-refractivity contribution in [3.63, 3.8) is 0 Å². The molecule has 20 heavy (non-hydrogen) atoms. The van der Waals surface area contributed by atoms with Crippen molar-refractivity contribution < 1.29 is 14.3 Å². The van der Waals surface area contributed by atoms with E-state index in [9.17, 15) is 9.59 Å². The van der Waals surface area contributed by atoms with Crippen LogP contribution in [0.1, 0.15) is 25.3 Å². The van der Waals surface area contributed by atoms with E-state index in [0.29, 0.717) is 32.5 Å². The number of hydrogen-bond acceptors (Lipinski definition) is 3. The zero-order valence-electron chi connectivity index (χ0n) is 11.9. The van der Waals surface area contributed by atoms with Crippen molar-refractivity contribution in [2.45, 2.75) is 26.2 Å². The number of carbonyl (C=O) groups excluding carboxylic acids is 2. The summed E-state index contributed by atoms with van der Waals surface area (Å²) >= 11 is 0. The molecule has 0 saturated carbocycles. The third kappa shape index (κ3) is 3.83. The lowest BCUT2D eigenvalue weighted by Crippen LogP contribution is -2.31. The van der Waals surface area contributed by atoms with Crippen LogP contribution in [-0.4, -0.2) is 36.5 Å². The van der Waals surface area contributed by atoms with Gasteiger partial charge < -0.3 is 9.64 Å². The Morgan fingerprint density at radius 3 is 2.75 bits per heavy atom. The summed E-state index contributed by atoms with van der Waals surface area (Å²) < 4.78 is 5.14. The molecule has 1 atom stereocenters. The van der Waals surface area contributed by atoms with E-state index in [1.165, 1.54) is 0 Å². The lowest BCUT2D eigenvalue weighted by molar-refractivity contribution is -0.148. The van der Waals surface area contributed by atoms with E-state index >= 15 is 0 Å². The summed E-state index contributed by atoms with van der Waals surface area (Å²) in [5, 5.41) is 0. The Labute approximate surface area is 119 Å². The Morgan fingerprint density at radius 1 is 1.30 bits per heavy atom. The van der Waals surface area contributed by atoms with Crippen LogP contribution in [0.25, 0.3) is 0 Å². The van der Waals surface area contributed by atoms with Gasteiger partial charge in [0, 0.05) is 13.1 Å². The van der Waals surface area contributed by atoms with Gasteiger partial charge in [-0.15, -0.1) is 0 Å². The molecule has 0 aromatic heterocycles. The number of carbonyl (C=O) groups is 2. The highest BCUT2D eigenvalue weighted by molar-refractivity contribution is 5.81. The maximum atomic E-state index is 12.2. The minimum absolute atomic E-state index is 0.0852. The highest BCUT2D eigenvalue weighted by Gasteiger charge is 2.31. The van der Waals surface area contributed by atoms with Crippen molar-refractivity contribution in [1.82, 2.24) is 4.90 Å². The van der Waals surface area contributed by atoms with Crippen LogP contribution >= 0.6 is 0 Å². The first-order valence-corrected chi connectivity index (χ1v) is 7.19. The van der Waals surface area contributed by atoms with Crippen LogP contribution in [-0.2, 0) is 20.7 Å². The van der Waals surface area contributed by atoms with E-state index in [1.807, 2.05) is 37.3 Å². The minimum Gasteiger partial charge on any atom is -0.465 e. The number of amides is 1. The predicted molar refractivity (Wildman–Crippen MR) is 76.1 cm³/mol. The molecule has 1 aromatic rings. The number of esters is 1. The molecule has 1 aliphatic rings. The highest BCUT2D eigenvalue weighted by Crippen LogP contribution is 2.19. The van der Waals surface area contributed by atoms with Crippen LogP contribution < -0.4 is 0 Å². The van der Waals surface area contributed by atoms with Crippen LogP contribution in [0.3, 0.4) is 0 Å². The van der Waals surface area contributed by atoms with Crippen molar-refractivity contribution in [3.8, 4) is 0 Å². The molecule has 1 unspecified atom stereocenters. The van der Waals surface area contributed by atoms with Gasteiger partial charge in [0.05, 0.1) is 18.9 Å². The van der Waals surface area contributed by atoms with Gasteiger partial charge in [-0.05, 0) is 18.4 Å². The van der Waals surface area contributed by atoms with Crippen molar-refractivity contribution >= 4 is 11.9 Å². The first-order chi connectivity index (χ1) is 9.70. The maximum absolute atomic E-state index is 12.2. The van der Waals surface area contributed by atoms with Crippen LogP contribution in [0.5, 0.6) is 0 Å². The smallest absolute Gasteiger partial charge is 0.310 e. The van der Waals surface area contributed by atoms with Gasteiger partial charge in [-0.25, -0.2) is 0 Å². The molecular weight excluding hydrogens is 254 g/mol. The molecule has 1 saturated heterocycles. The largest absolute Gasteiger partial charge is 0.465 e. The number of hydrogen-bond donors (Lipinski definition) is 0. The van der Waals surface area contributed by atoms with E-state index in [0.717, 1.165) is 12.0 Å². The second-order valence-corrected chi connectivity index (χ2v) is 5.16. The van der Waals surface area contributed by atoms with E-state index in [-0.39, 0.29) is 17.8 Å². The molecule has 1 fully saturated rings. The number of ether oxygens (including phenoxy) is 1. The molecule has 4 heteroatoms. The Hall–Kier alpha value is -1.84. The van der Waals surface area contributed by atoms with Gasteiger partial charge in [0.2, 0.25) is 5.91 Å². The molecule has 0 aliphatic carbocycles. The van der Waals surface area contributed by atoms with Crippen LogP contribution in [0.2, 0.25) is 0 Å². The van der Waals surface area contributed by atoms with Crippen LogP contribution in [0.4, 0.5) is 0 Å². The van der Waals surface area contributed by atoms with Crippen molar-refractivity contribution in [3.05, 3.63) is 35.9 Å². The molecule has 0 spiro atoms. The zero-order chi connectivity index (χ0) is 14.4. The third-order valence-electron chi connectivity index (χ3n) is 3.52.